The van der Waals surface area contributed by atoms with Crippen LogP contribution >= 0.6 is 0 Å². The van der Waals surface area contributed by atoms with Crippen molar-refractivity contribution in [1.29, 1.82) is 0 Å². The molecule has 0 spiro atoms. The van der Waals surface area contributed by atoms with Gasteiger partial charge in [0.2, 0.25) is 15.9 Å². The summed E-state index contributed by atoms with van der Waals surface area (Å²) in [4.78, 5) is 14.3. The second-order valence-corrected chi connectivity index (χ2v) is 7.62. The molecule has 1 aliphatic heterocycles. The maximum Gasteiger partial charge on any atom is 0.243 e. The first-order chi connectivity index (χ1) is 11.4. The van der Waals surface area contributed by atoms with Gasteiger partial charge in [-0.05, 0) is 18.1 Å². The summed E-state index contributed by atoms with van der Waals surface area (Å²) in [5, 5.41) is 4.06. The van der Waals surface area contributed by atoms with Gasteiger partial charge in [0.05, 0.1) is 23.3 Å². The average molecular weight is 348 g/mol. The minimum atomic E-state index is -3.67. The maximum atomic E-state index is 12.9. The summed E-state index contributed by atoms with van der Waals surface area (Å²) in [6, 6.07) is 6.94. The summed E-state index contributed by atoms with van der Waals surface area (Å²) in [7, 11) is -1.90. The quantitative estimate of drug-likeness (QED) is 0.827. The van der Waals surface area contributed by atoms with Crippen molar-refractivity contribution in [1.82, 2.24) is 14.1 Å². The summed E-state index contributed by atoms with van der Waals surface area (Å²) in [6.45, 7) is 2.34. The number of hydrogen-bond donors (Lipinski definition) is 0. The van der Waals surface area contributed by atoms with Gasteiger partial charge in [0.15, 0.2) is 0 Å². The van der Waals surface area contributed by atoms with Crippen LogP contribution in [-0.2, 0) is 28.3 Å². The van der Waals surface area contributed by atoms with E-state index < -0.39 is 10.0 Å². The number of benzene rings is 1. The van der Waals surface area contributed by atoms with E-state index in [1.54, 1.807) is 47.2 Å². The first-order valence-corrected chi connectivity index (χ1v) is 9.24. The lowest BCUT2D eigenvalue weighted by atomic mass is 10.2. The molecule has 1 aromatic carbocycles. The summed E-state index contributed by atoms with van der Waals surface area (Å²) >= 11 is 0. The van der Waals surface area contributed by atoms with Gasteiger partial charge in [0, 0.05) is 26.3 Å². The van der Waals surface area contributed by atoms with Gasteiger partial charge in [-0.3, -0.25) is 9.48 Å². The molecule has 8 heteroatoms. The van der Waals surface area contributed by atoms with Crippen LogP contribution in [0.5, 0.6) is 0 Å². The number of rotatable bonds is 4. The Morgan fingerprint density at radius 3 is 2.58 bits per heavy atom. The normalized spacial score (nSPS) is 16.6. The third-order valence-electron chi connectivity index (χ3n) is 4.16. The number of carbonyl (C=O) groups is 1. The molecule has 24 heavy (non-hydrogen) atoms. The molecule has 7 nitrogen and oxygen atoms in total. The monoisotopic (exact) mass is 348 g/mol. The predicted molar refractivity (Wildman–Crippen MR) is 90.1 cm³/mol. The van der Waals surface area contributed by atoms with E-state index in [0.29, 0.717) is 18.7 Å². The zero-order valence-corrected chi connectivity index (χ0v) is 14.5. The lowest BCUT2D eigenvalue weighted by Crippen LogP contribution is -2.52. The van der Waals surface area contributed by atoms with Crippen molar-refractivity contribution >= 4 is 21.6 Å². The van der Waals surface area contributed by atoms with Crippen molar-refractivity contribution < 1.29 is 13.2 Å². The maximum absolute atomic E-state index is 12.9. The van der Waals surface area contributed by atoms with E-state index in [9.17, 15) is 13.2 Å². The summed E-state index contributed by atoms with van der Waals surface area (Å²) in [5.41, 5.74) is 1.45. The van der Waals surface area contributed by atoms with Crippen molar-refractivity contribution in [2.45, 2.75) is 18.2 Å². The minimum Gasteiger partial charge on any atom is -0.307 e. The van der Waals surface area contributed by atoms with Crippen LogP contribution in [0.3, 0.4) is 0 Å². The molecular formula is C16H20N4O3S. The van der Waals surface area contributed by atoms with Crippen LogP contribution in [0.2, 0.25) is 0 Å². The third-order valence-corrected chi connectivity index (χ3v) is 6.11. The number of amides is 1. The summed E-state index contributed by atoms with van der Waals surface area (Å²) in [6.07, 6.45) is 3.97. The van der Waals surface area contributed by atoms with E-state index in [-0.39, 0.29) is 23.9 Å². The largest absolute Gasteiger partial charge is 0.307 e. The Kier molecular flexibility index (Phi) is 4.42. The van der Waals surface area contributed by atoms with Crippen LogP contribution in [0.15, 0.2) is 41.6 Å². The molecule has 1 amide bonds. The molecule has 0 atom stereocenters. The number of aryl methyl sites for hydroxylation is 2. The Bertz CT molecular complexity index is 860. The van der Waals surface area contributed by atoms with Gasteiger partial charge in [-0.25, -0.2) is 8.42 Å². The number of nitrogens with zero attached hydrogens (tertiary/aromatic N) is 4. The molecule has 1 saturated heterocycles. The third kappa shape index (κ3) is 2.94. The number of aromatic nitrogens is 2. The number of anilines is 1. The second-order valence-electron chi connectivity index (χ2n) is 5.72. The highest BCUT2D eigenvalue weighted by Crippen LogP contribution is 2.24. The van der Waals surface area contributed by atoms with E-state index in [2.05, 4.69) is 5.10 Å². The predicted octanol–water partition coefficient (Wildman–Crippen LogP) is 1.02. The van der Waals surface area contributed by atoms with E-state index in [1.807, 2.05) is 13.0 Å². The Morgan fingerprint density at radius 2 is 1.96 bits per heavy atom. The number of hydrogen-bond acceptors (Lipinski definition) is 4. The highest BCUT2D eigenvalue weighted by atomic mass is 32.2. The minimum absolute atomic E-state index is 0.157. The first kappa shape index (κ1) is 16.7. The molecule has 1 aliphatic rings. The summed E-state index contributed by atoms with van der Waals surface area (Å²) in [5.74, 6) is -0.244. The van der Waals surface area contributed by atoms with E-state index in [4.69, 9.17) is 0 Å². The topological polar surface area (TPSA) is 75.5 Å². The van der Waals surface area contributed by atoms with Crippen LogP contribution in [0.25, 0.3) is 0 Å². The Balaban J connectivity index is 1.83. The van der Waals surface area contributed by atoms with Crippen molar-refractivity contribution in [2.24, 2.45) is 7.05 Å². The van der Waals surface area contributed by atoms with Crippen molar-refractivity contribution in [2.75, 3.05) is 24.5 Å². The fourth-order valence-corrected chi connectivity index (χ4v) is 4.54. The van der Waals surface area contributed by atoms with Crippen LogP contribution in [0.4, 0.5) is 5.69 Å². The smallest absolute Gasteiger partial charge is 0.243 e. The van der Waals surface area contributed by atoms with Crippen molar-refractivity contribution in [3.05, 3.63) is 42.2 Å². The molecule has 0 bridgehead atoms. The molecule has 0 radical (unpaired) electrons. The highest BCUT2D eigenvalue weighted by Gasteiger charge is 2.34. The van der Waals surface area contributed by atoms with Gasteiger partial charge >= 0.3 is 0 Å². The van der Waals surface area contributed by atoms with Crippen LogP contribution in [0, 0.1) is 0 Å². The Labute approximate surface area is 141 Å². The van der Waals surface area contributed by atoms with Crippen LogP contribution < -0.4 is 4.90 Å². The second kappa shape index (κ2) is 6.37. The Hall–Kier alpha value is -2.19. The highest BCUT2D eigenvalue weighted by molar-refractivity contribution is 7.89. The Morgan fingerprint density at radius 1 is 1.21 bits per heavy atom. The van der Waals surface area contributed by atoms with Crippen LogP contribution in [-0.4, -0.2) is 48.0 Å². The average Bonchev–Trinajstić information content (AvgIpc) is 3.00. The lowest BCUT2D eigenvalue weighted by Gasteiger charge is -2.33. The molecule has 2 aromatic rings. The lowest BCUT2D eigenvalue weighted by molar-refractivity contribution is -0.119. The molecule has 0 N–H and O–H groups in total. The van der Waals surface area contributed by atoms with Gasteiger partial charge in [0.25, 0.3) is 0 Å². The van der Waals surface area contributed by atoms with Gasteiger partial charge in [-0.15, -0.1) is 0 Å². The molecule has 2 heterocycles. The zero-order chi connectivity index (χ0) is 17.3. The van der Waals surface area contributed by atoms with Crippen molar-refractivity contribution in [3.8, 4) is 0 Å². The molecule has 0 saturated carbocycles. The molecule has 1 aromatic heterocycles. The molecule has 0 unspecified atom stereocenters. The van der Waals surface area contributed by atoms with Gasteiger partial charge in [0.1, 0.15) is 0 Å². The van der Waals surface area contributed by atoms with E-state index >= 15 is 0 Å². The first-order valence-electron chi connectivity index (χ1n) is 7.80. The molecule has 1 fully saturated rings. The fourth-order valence-electron chi connectivity index (χ4n) is 2.86. The molecule has 0 aliphatic carbocycles. The SMILES string of the molecule is CCc1ccccc1S(=O)(=O)N1CCN(c2cnn(C)c2)C(=O)C1. The van der Waals surface area contributed by atoms with E-state index in [0.717, 1.165) is 5.56 Å². The van der Waals surface area contributed by atoms with Crippen LogP contribution in [0.1, 0.15) is 12.5 Å². The number of piperazine rings is 1. The zero-order valence-electron chi connectivity index (χ0n) is 13.7. The number of sulfonamides is 1. The standard InChI is InChI=1S/C16H20N4O3S/c1-3-13-6-4-5-7-15(13)24(22,23)19-8-9-20(16(21)12-19)14-10-17-18(2)11-14/h4-7,10-11H,3,8-9,12H2,1-2H3. The molecular weight excluding hydrogens is 328 g/mol. The number of carbonyl (C=O) groups excluding carboxylic acids is 1. The fraction of sp³-hybridized carbons (Fsp3) is 0.375. The van der Waals surface area contributed by atoms with Crippen molar-refractivity contribution in [3.63, 3.8) is 0 Å². The van der Waals surface area contributed by atoms with Gasteiger partial charge in [-0.2, -0.15) is 9.40 Å². The summed E-state index contributed by atoms with van der Waals surface area (Å²) < 4.78 is 28.7. The van der Waals surface area contributed by atoms with Gasteiger partial charge in [-0.1, -0.05) is 25.1 Å². The van der Waals surface area contributed by atoms with Gasteiger partial charge < -0.3 is 4.90 Å². The van der Waals surface area contributed by atoms with E-state index in [1.165, 1.54) is 4.31 Å². The molecule has 3 rings (SSSR count). The molecule has 128 valence electrons.